The lowest BCUT2D eigenvalue weighted by molar-refractivity contribution is -0.148. The van der Waals surface area contributed by atoms with Crippen LogP contribution in [-0.2, 0) is 0 Å². The van der Waals surface area contributed by atoms with Crippen LogP contribution in [0.4, 0.5) is 13.2 Å². The number of halogens is 3. The van der Waals surface area contributed by atoms with Gasteiger partial charge in [0.05, 0.1) is 12.5 Å². The molecule has 82 valence electrons. The summed E-state index contributed by atoms with van der Waals surface area (Å²) in [5, 5.41) is 8.92. The van der Waals surface area contributed by atoms with Crippen LogP contribution in [0.3, 0.4) is 0 Å². The molecule has 1 atom stereocenters. The number of rotatable bonds is 5. The van der Waals surface area contributed by atoms with Crippen LogP contribution in [0.2, 0.25) is 0 Å². The van der Waals surface area contributed by atoms with Crippen LogP contribution in [-0.4, -0.2) is 17.4 Å². The summed E-state index contributed by atoms with van der Waals surface area (Å²) in [7, 11) is 0. The van der Waals surface area contributed by atoms with E-state index in [1.165, 1.54) is 6.08 Å². The quantitative estimate of drug-likeness (QED) is 0.543. The van der Waals surface area contributed by atoms with Crippen LogP contribution in [0.1, 0.15) is 26.2 Å². The van der Waals surface area contributed by atoms with Gasteiger partial charge in [-0.25, -0.2) is 0 Å². The van der Waals surface area contributed by atoms with E-state index >= 15 is 0 Å². The largest absolute Gasteiger partial charge is 0.391 e. The van der Waals surface area contributed by atoms with Gasteiger partial charge in [0.2, 0.25) is 0 Å². The number of alkyl halides is 3. The van der Waals surface area contributed by atoms with Crippen LogP contribution in [0.15, 0.2) is 24.3 Å². The monoisotopic (exact) mass is 208 g/mol. The topological polar surface area (TPSA) is 20.2 Å². The molecular weight excluding hydrogens is 193 g/mol. The Balaban J connectivity index is 3.66. The molecular formula is C10H15F3O. The molecule has 0 bridgehead atoms. The van der Waals surface area contributed by atoms with Crippen molar-refractivity contribution < 1.29 is 18.3 Å². The van der Waals surface area contributed by atoms with Gasteiger partial charge in [0.25, 0.3) is 0 Å². The maximum absolute atomic E-state index is 11.7. The number of unbranched alkanes of at least 4 members (excludes halogenated alkanes) is 1. The minimum atomic E-state index is -4.30. The standard InChI is InChI=1S/C10H15F3O/c1-2-3-4-5-6-7-9(14)8-10(11,12)13/h2-3,6-7,9,14H,4-5,8H2,1H3. The summed E-state index contributed by atoms with van der Waals surface area (Å²) < 4.78 is 35.2. The van der Waals surface area contributed by atoms with Gasteiger partial charge in [0, 0.05) is 0 Å². The van der Waals surface area contributed by atoms with Gasteiger partial charge in [-0.15, -0.1) is 0 Å². The average Bonchev–Trinajstić information content (AvgIpc) is 2.00. The van der Waals surface area contributed by atoms with E-state index < -0.39 is 18.7 Å². The summed E-state index contributed by atoms with van der Waals surface area (Å²) >= 11 is 0. The molecule has 0 aromatic heterocycles. The molecule has 0 saturated carbocycles. The minimum Gasteiger partial charge on any atom is -0.389 e. The first-order valence-electron chi connectivity index (χ1n) is 4.48. The first kappa shape index (κ1) is 13.2. The summed E-state index contributed by atoms with van der Waals surface area (Å²) in [5.41, 5.74) is 0. The lowest BCUT2D eigenvalue weighted by atomic mass is 10.2. The lowest BCUT2D eigenvalue weighted by Gasteiger charge is -2.08. The molecule has 0 amide bonds. The summed E-state index contributed by atoms with van der Waals surface area (Å²) in [6.07, 6.45) is 1.10. The molecule has 0 spiro atoms. The molecule has 0 aliphatic heterocycles. The van der Waals surface area contributed by atoms with Gasteiger partial charge in [-0.1, -0.05) is 24.3 Å². The van der Waals surface area contributed by atoms with E-state index in [1.54, 1.807) is 6.08 Å². The van der Waals surface area contributed by atoms with Crippen molar-refractivity contribution in [1.82, 2.24) is 0 Å². The Morgan fingerprint density at radius 2 is 1.79 bits per heavy atom. The third-order valence-electron chi connectivity index (χ3n) is 1.53. The van der Waals surface area contributed by atoms with Crippen LogP contribution in [0.25, 0.3) is 0 Å². The minimum absolute atomic E-state index is 0.652. The fourth-order valence-electron chi connectivity index (χ4n) is 0.918. The number of aliphatic hydroxyl groups excluding tert-OH is 1. The van der Waals surface area contributed by atoms with E-state index in [-0.39, 0.29) is 0 Å². The Bertz CT molecular complexity index is 194. The molecule has 0 rings (SSSR count). The number of aliphatic hydroxyl groups is 1. The van der Waals surface area contributed by atoms with Crippen LogP contribution in [0, 0.1) is 0 Å². The number of hydrogen-bond acceptors (Lipinski definition) is 1. The van der Waals surface area contributed by atoms with Crippen molar-refractivity contribution in [3.05, 3.63) is 24.3 Å². The summed E-state index contributed by atoms with van der Waals surface area (Å²) in [5.74, 6) is 0. The highest BCUT2D eigenvalue weighted by Crippen LogP contribution is 2.21. The first-order valence-corrected chi connectivity index (χ1v) is 4.48. The van der Waals surface area contributed by atoms with Crippen molar-refractivity contribution in [2.75, 3.05) is 0 Å². The molecule has 0 saturated heterocycles. The summed E-state index contributed by atoms with van der Waals surface area (Å²) in [4.78, 5) is 0. The smallest absolute Gasteiger partial charge is 0.389 e. The third kappa shape index (κ3) is 9.32. The second-order valence-electron chi connectivity index (χ2n) is 2.96. The second-order valence-corrected chi connectivity index (χ2v) is 2.96. The Labute approximate surface area is 81.9 Å². The Hall–Kier alpha value is -0.770. The van der Waals surface area contributed by atoms with Crippen molar-refractivity contribution in [3.8, 4) is 0 Å². The average molecular weight is 208 g/mol. The predicted molar refractivity (Wildman–Crippen MR) is 49.9 cm³/mol. The lowest BCUT2D eigenvalue weighted by Crippen LogP contribution is -2.17. The fourth-order valence-corrected chi connectivity index (χ4v) is 0.918. The van der Waals surface area contributed by atoms with Crippen molar-refractivity contribution in [3.63, 3.8) is 0 Å². The van der Waals surface area contributed by atoms with Crippen LogP contribution in [0.5, 0.6) is 0 Å². The number of allylic oxidation sites excluding steroid dienone is 3. The van der Waals surface area contributed by atoms with Gasteiger partial charge in [-0.2, -0.15) is 13.2 Å². The summed E-state index contributed by atoms with van der Waals surface area (Å²) in [6.45, 7) is 1.88. The van der Waals surface area contributed by atoms with Gasteiger partial charge in [-0.05, 0) is 19.8 Å². The zero-order chi connectivity index (χ0) is 11.0. The molecule has 0 fully saturated rings. The summed E-state index contributed by atoms with van der Waals surface area (Å²) in [6, 6.07) is 0. The third-order valence-corrected chi connectivity index (χ3v) is 1.53. The molecule has 0 aromatic rings. The zero-order valence-electron chi connectivity index (χ0n) is 8.09. The van der Waals surface area contributed by atoms with Crippen molar-refractivity contribution in [2.24, 2.45) is 0 Å². The first-order chi connectivity index (χ1) is 6.45. The molecule has 1 unspecified atom stereocenters. The second kappa shape index (κ2) is 6.65. The van der Waals surface area contributed by atoms with Crippen molar-refractivity contribution in [1.29, 1.82) is 0 Å². The van der Waals surface area contributed by atoms with E-state index in [9.17, 15) is 13.2 Å². The Morgan fingerprint density at radius 1 is 1.21 bits per heavy atom. The Kier molecular flexibility index (Phi) is 6.28. The van der Waals surface area contributed by atoms with Crippen molar-refractivity contribution >= 4 is 0 Å². The van der Waals surface area contributed by atoms with Gasteiger partial charge >= 0.3 is 6.18 Å². The van der Waals surface area contributed by atoms with Gasteiger partial charge in [-0.3, -0.25) is 0 Å². The predicted octanol–water partition coefficient (Wildman–Crippen LogP) is 3.21. The van der Waals surface area contributed by atoms with E-state index in [2.05, 4.69) is 0 Å². The maximum Gasteiger partial charge on any atom is 0.391 e. The fraction of sp³-hybridized carbons (Fsp3) is 0.600. The highest BCUT2D eigenvalue weighted by molar-refractivity contribution is 4.91. The normalized spacial score (nSPS) is 15.5. The van der Waals surface area contributed by atoms with E-state index in [4.69, 9.17) is 5.11 Å². The Morgan fingerprint density at radius 3 is 2.29 bits per heavy atom. The SMILES string of the molecule is CC=CCCC=CC(O)CC(F)(F)F. The van der Waals surface area contributed by atoms with E-state index in [0.29, 0.717) is 6.42 Å². The molecule has 0 aromatic carbocycles. The maximum atomic E-state index is 11.7. The zero-order valence-corrected chi connectivity index (χ0v) is 8.09. The molecule has 1 nitrogen and oxygen atoms in total. The van der Waals surface area contributed by atoms with E-state index in [1.807, 2.05) is 19.1 Å². The highest BCUT2D eigenvalue weighted by atomic mass is 19.4. The van der Waals surface area contributed by atoms with Crippen LogP contribution >= 0.6 is 0 Å². The van der Waals surface area contributed by atoms with E-state index in [0.717, 1.165) is 6.42 Å². The molecule has 0 aliphatic rings. The molecule has 0 radical (unpaired) electrons. The molecule has 14 heavy (non-hydrogen) atoms. The van der Waals surface area contributed by atoms with Crippen LogP contribution < -0.4 is 0 Å². The molecule has 1 N–H and O–H groups in total. The van der Waals surface area contributed by atoms with Crippen molar-refractivity contribution in [2.45, 2.75) is 38.5 Å². The molecule has 0 aliphatic carbocycles. The van der Waals surface area contributed by atoms with Gasteiger partial charge in [0.1, 0.15) is 0 Å². The van der Waals surface area contributed by atoms with Gasteiger partial charge < -0.3 is 5.11 Å². The van der Waals surface area contributed by atoms with Gasteiger partial charge in [0.15, 0.2) is 0 Å². The molecule has 0 heterocycles. The number of hydrogen-bond donors (Lipinski definition) is 1. The highest BCUT2D eigenvalue weighted by Gasteiger charge is 2.29. The molecule has 4 heteroatoms.